The first-order valence-electron chi connectivity index (χ1n) is 4.38. The average Bonchev–Trinajstić information content (AvgIpc) is 2.56. The van der Waals surface area contributed by atoms with Gasteiger partial charge in [-0.25, -0.2) is 4.79 Å². The fourth-order valence-electron chi connectivity index (χ4n) is 1.31. The molecule has 1 aromatic heterocycles. The quantitative estimate of drug-likeness (QED) is 0.691. The molecule has 2 rings (SSSR count). The molecule has 0 aliphatic carbocycles. The van der Waals surface area contributed by atoms with E-state index in [9.17, 15) is 9.35 Å². The summed E-state index contributed by atoms with van der Waals surface area (Å²) in [4.78, 5) is 13.8. The van der Waals surface area contributed by atoms with Crippen LogP contribution in [0.2, 0.25) is 5.02 Å². The number of fused-ring (bicyclic) bond motifs is 1. The number of aromatic nitrogens is 1. The number of rotatable bonds is 3. The van der Waals surface area contributed by atoms with E-state index in [1.807, 2.05) is 0 Å². The van der Waals surface area contributed by atoms with Crippen LogP contribution in [0.3, 0.4) is 0 Å². The van der Waals surface area contributed by atoms with E-state index in [0.717, 1.165) is 0 Å². The summed E-state index contributed by atoms with van der Waals surface area (Å²) in [6.45, 7) is 0. The zero-order chi connectivity index (χ0) is 11.7. The highest BCUT2D eigenvalue weighted by molar-refractivity contribution is 7.91. The zero-order valence-corrected chi connectivity index (χ0v) is 10.3. The Morgan fingerprint density at radius 3 is 2.94 bits per heavy atom. The van der Waals surface area contributed by atoms with Crippen LogP contribution in [-0.4, -0.2) is 21.2 Å². The summed E-state index contributed by atoms with van der Waals surface area (Å²) in [5, 5.41) is 0.327. The zero-order valence-electron chi connectivity index (χ0n) is 7.96. The van der Waals surface area contributed by atoms with Gasteiger partial charge in [0.15, 0.2) is 10.5 Å². The van der Waals surface area contributed by atoms with Crippen molar-refractivity contribution in [3.8, 4) is 0 Å². The summed E-state index contributed by atoms with van der Waals surface area (Å²) in [5.74, 6) is 0.0193. The maximum atomic E-state index is 11.7. The van der Waals surface area contributed by atoms with Crippen LogP contribution in [0.5, 0.6) is 0 Å². The van der Waals surface area contributed by atoms with Gasteiger partial charge in [0, 0.05) is 6.07 Å². The molecule has 1 aromatic carbocycles. The Hall–Kier alpha value is -0.620. The number of oxazole rings is 1. The number of hydrogen-bond donors (Lipinski definition) is 1. The third-order valence-electron chi connectivity index (χ3n) is 1.98. The van der Waals surface area contributed by atoms with Gasteiger partial charge in [0.05, 0.1) is 16.4 Å². The molecule has 1 unspecified atom stereocenters. The molecule has 0 spiro atoms. The van der Waals surface area contributed by atoms with Gasteiger partial charge in [-0.3, -0.25) is 4.98 Å². The average molecular weight is 280 g/mol. The first-order chi connectivity index (χ1) is 7.61. The highest BCUT2D eigenvalue weighted by Crippen LogP contribution is 2.27. The lowest BCUT2D eigenvalue weighted by Gasteiger charge is -2.09. The van der Waals surface area contributed by atoms with E-state index >= 15 is 0 Å². The fraction of sp³-hybridized carbons (Fsp3) is 0.222. The molecule has 0 aliphatic rings. The number of hydrogen-bond acceptors (Lipinski definition) is 3. The number of nitrogens with one attached hydrogen (secondary N) is 1. The van der Waals surface area contributed by atoms with Crippen LogP contribution < -0.4 is 5.76 Å². The molecule has 0 saturated heterocycles. The predicted molar refractivity (Wildman–Crippen MR) is 63.8 cm³/mol. The lowest BCUT2D eigenvalue weighted by molar-refractivity contribution is 0.554. The lowest BCUT2D eigenvalue weighted by Crippen LogP contribution is -2.08. The van der Waals surface area contributed by atoms with Gasteiger partial charge in [0.1, 0.15) is 5.75 Å². The topological polar surface area (TPSA) is 69.1 Å². The minimum Gasteiger partial charge on any atom is -0.611 e. The molecule has 1 heterocycles. The molecule has 1 atom stereocenters. The van der Waals surface area contributed by atoms with Crippen LogP contribution in [0, 0.1) is 0 Å². The van der Waals surface area contributed by atoms with Crippen LogP contribution in [-0.2, 0) is 11.2 Å². The van der Waals surface area contributed by atoms with Crippen molar-refractivity contribution in [3.05, 3.63) is 27.7 Å². The Balaban J connectivity index is 2.52. The summed E-state index contributed by atoms with van der Waals surface area (Å²) in [7, 11) is 0. The van der Waals surface area contributed by atoms with Gasteiger partial charge in [-0.2, -0.15) is 0 Å². The molecule has 0 saturated carbocycles. The van der Waals surface area contributed by atoms with Crippen LogP contribution in [0.15, 0.2) is 26.2 Å². The lowest BCUT2D eigenvalue weighted by atomic mass is 10.3. The van der Waals surface area contributed by atoms with E-state index in [4.69, 9.17) is 27.6 Å². The van der Waals surface area contributed by atoms with E-state index in [0.29, 0.717) is 26.8 Å². The molecule has 4 nitrogen and oxygen atoms in total. The number of alkyl halides is 1. The highest BCUT2D eigenvalue weighted by atomic mass is 35.5. The molecular weight excluding hydrogens is 273 g/mol. The van der Waals surface area contributed by atoms with Gasteiger partial charge in [0.2, 0.25) is 0 Å². The molecule has 0 amide bonds. The second-order valence-electron chi connectivity index (χ2n) is 3.03. The van der Waals surface area contributed by atoms with Gasteiger partial charge in [-0.15, -0.1) is 11.6 Å². The van der Waals surface area contributed by atoms with Gasteiger partial charge in [-0.1, -0.05) is 11.6 Å². The van der Waals surface area contributed by atoms with Crippen molar-refractivity contribution in [1.82, 2.24) is 4.98 Å². The number of aromatic amines is 1. The normalized spacial score (nSPS) is 13.2. The number of H-pyrrole nitrogens is 1. The maximum Gasteiger partial charge on any atom is 0.417 e. The molecule has 16 heavy (non-hydrogen) atoms. The minimum atomic E-state index is -1.28. The number of halogens is 2. The van der Waals surface area contributed by atoms with E-state index in [1.54, 1.807) is 0 Å². The van der Waals surface area contributed by atoms with Gasteiger partial charge >= 0.3 is 5.76 Å². The molecule has 1 N–H and O–H groups in total. The molecule has 0 aliphatic heterocycles. The van der Waals surface area contributed by atoms with Crippen molar-refractivity contribution in [2.24, 2.45) is 0 Å². The molecule has 7 heteroatoms. The monoisotopic (exact) mass is 279 g/mol. The summed E-state index contributed by atoms with van der Waals surface area (Å²) in [6, 6.07) is 3.02. The summed E-state index contributed by atoms with van der Waals surface area (Å²) in [6.07, 6.45) is 0. The first-order valence-corrected chi connectivity index (χ1v) is 6.61. The Morgan fingerprint density at radius 1 is 1.50 bits per heavy atom. The van der Waals surface area contributed by atoms with Crippen molar-refractivity contribution in [2.45, 2.75) is 4.90 Å². The van der Waals surface area contributed by atoms with Gasteiger partial charge in [-0.05, 0) is 17.2 Å². The van der Waals surface area contributed by atoms with E-state index in [1.165, 1.54) is 12.1 Å². The Labute approximate surface area is 104 Å². The van der Waals surface area contributed by atoms with E-state index in [2.05, 4.69) is 4.98 Å². The van der Waals surface area contributed by atoms with Crippen molar-refractivity contribution in [3.63, 3.8) is 0 Å². The standard InChI is InChI=1S/C9H7Cl2NO3S/c10-1-2-16(14)8-4-7-6(3-5(8)11)12-9(13)15-7/h3-4H,1-2H2,(H,12,13). The largest absolute Gasteiger partial charge is 0.611 e. The molecule has 0 fully saturated rings. The van der Waals surface area contributed by atoms with E-state index < -0.39 is 16.9 Å². The molecule has 0 bridgehead atoms. The van der Waals surface area contributed by atoms with E-state index in [-0.39, 0.29) is 5.88 Å². The van der Waals surface area contributed by atoms with Crippen molar-refractivity contribution >= 4 is 45.5 Å². The summed E-state index contributed by atoms with van der Waals surface area (Å²) < 4.78 is 16.6. The first kappa shape index (κ1) is 11.9. The Bertz CT molecular complexity index is 565. The minimum absolute atomic E-state index is 0.276. The highest BCUT2D eigenvalue weighted by Gasteiger charge is 2.17. The second kappa shape index (κ2) is 4.71. The summed E-state index contributed by atoms with van der Waals surface area (Å²) >= 11 is 10.2. The number of benzene rings is 1. The Morgan fingerprint density at radius 2 is 2.25 bits per heavy atom. The molecule has 86 valence electrons. The van der Waals surface area contributed by atoms with Crippen LogP contribution >= 0.6 is 23.2 Å². The third kappa shape index (κ3) is 2.22. The fourth-order valence-corrected chi connectivity index (χ4v) is 3.02. The van der Waals surface area contributed by atoms with Crippen molar-refractivity contribution in [2.75, 3.05) is 11.6 Å². The van der Waals surface area contributed by atoms with Crippen molar-refractivity contribution in [1.29, 1.82) is 0 Å². The van der Waals surface area contributed by atoms with Crippen LogP contribution in [0.1, 0.15) is 0 Å². The van der Waals surface area contributed by atoms with Gasteiger partial charge in [0.25, 0.3) is 0 Å². The third-order valence-corrected chi connectivity index (χ3v) is 4.22. The summed E-state index contributed by atoms with van der Waals surface area (Å²) in [5.41, 5.74) is 0.828. The smallest absolute Gasteiger partial charge is 0.417 e. The molecule has 2 aromatic rings. The molecule has 0 radical (unpaired) electrons. The predicted octanol–water partition coefficient (Wildman–Crippen LogP) is 2.12. The van der Waals surface area contributed by atoms with Crippen LogP contribution in [0.4, 0.5) is 0 Å². The maximum absolute atomic E-state index is 11.7. The SMILES string of the molecule is O=c1[nH]c2cc(Cl)c([S+]([O-])CCCl)cc2o1. The van der Waals surface area contributed by atoms with Gasteiger partial charge < -0.3 is 8.97 Å². The molecular formula is C9H7Cl2NO3S. The Kier molecular flexibility index (Phi) is 3.49. The van der Waals surface area contributed by atoms with Crippen LogP contribution in [0.25, 0.3) is 11.1 Å². The van der Waals surface area contributed by atoms with Crippen molar-refractivity contribution < 1.29 is 8.97 Å². The second-order valence-corrected chi connectivity index (χ2v) is 5.36.